The molecular weight excluding hydrogens is 275 g/mol. The minimum atomic E-state index is -0.704. The maximum atomic E-state index is 13.7. The Labute approximate surface area is 122 Å². The van der Waals surface area contributed by atoms with Crippen molar-refractivity contribution in [3.63, 3.8) is 0 Å². The van der Waals surface area contributed by atoms with Gasteiger partial charge in [0.1, 0.15) is 5.82 Å². The highest BCUT2D eigenvalue weighted by atomic mass is 32.1. The van der Waals surface area contributed by atoms with Crippen LogP contribution in [0.5, 0.6) is 0 Å². The number of aromatic nitrogens is 1. The molecule has 0 aliphatic carbocycles. The van der Waals surface area contributed by atoms with Gasteiger partial charge in [-0.3, -0.25) is 0 Å². The van der Waals surface area contributed by atoms with Gasteiger partial charge in [-0.25, -0.2) is 9.37 Å². The van der Waals surface area contributed by atoms with Gasteiger partial charge in [0.25, 0.3) is 0 Å². The molecule has 0 saturated carbocycles. The first-order valence-corrected chi connectivity index (χ1v) is 7.36. The Morgan fingerprint density at radius 3 is 2.65 bits per heavy atom. The summed E-state index contributed by atoms with van der Waals surface area (Å²) in [7, 11) is 1.94. The Balaban J connectivity index is 2.36. The summed E-state index contributed by atoms with van der Waals surface area (Å²) >= 11 is 1.60. The molecular formula is C15H19FN2OS. The van der Waals surface area contributed by atoms with E-state index in [1.54, 1.807) is 31.3 Å². The summed E-state index contributed by atoms with van der Waals surface area (Å²) in [5.41, 5.74) is 4.88. The topological polar surface area (TPSA) is 36.4 Å². The zero-order chi connectivity index (χ0) is 14.9. The highest BCUT2D eigenvalue weighted by molar-refractivity contribution is 7.09. The number of benzene rings is 1. The van der Waals surface area contributed by atoms with Gasteiger partial charge in [0, 0.05) is 23.2 Å². The van der Waals surface area contributed by atoms with Crippen LogP contribution < -0.4 is 4.90 Å². The van der Waals surface area contributed by atoms with Crippen molar-refractivity contribution in [2.45, 2.75) is 33.4 Å². The van der Waals surface area contributed by atoms with Crippen LogP contribution in [0.3, 0.4) is 0 Å². The number of halogens is 1. The van der Waals surface area contributed by atoms with Crippen molar-refractivity contribution in [3.05, 3.63) is 45.2 Å². The van der Waals surface area contributed by atoms with Crippen LogP contribution in [0.1, 0.15) is 34.7 Å². The van der Waals surface area contributed by atoms with Crippen molar-refractivity contribution in [3.8, 4) is 0 Å². The second-order valence-electron chi connectivity index (χ2n) is 5.05. The highest BCUT2D eigenvalue weighted by Crippen LogP contribution is 2.30. The first-order chi connectivity index (χ1) is 9.40. The Hall–Kier alpha value is -1.46. The van der Waals surface area contributed by atoms with Crippen LogP contribution in [-0.2, 0) is 6.54 Å². The van der Waals surface area contributed by atoms with Crippen LogP contribution in [-0.4, -0.2) is 17.1 Å². The molecule has 1 aromatic carbocycles. The maximum absolute atomic E-state index is 13.7. The summed E-state index contributed by atoms with van der Waals surface area (Å²) in [4.78, 5) is 7.43. The first-order valence-electron chi connectivity index (χ1n) is 6.48. The second-order valence-corrected chi connectivity index (χ2v) is 5.99. The maximum Gasteiger partial charge on any atom is 0.126 e. The van der Waals surface area contributed by atoms with Gasteiger partial charge in [-0.05, 0) is 38.5 Å². The fourth-order valence-corrected chi connectivity index (χ4v) is 2.95. The normalized spacial score (nSPS) is 12.5. The van der Waals surface area contributed by atoms with E-state index in [9.17, 15) is 9.50 Å². The molecule has 2 rings (SSSR count). The Kier molecular flexibility index (Phi) is 4.40. The lowest BCUT2D eigenvalue weighted by Crippen LogP contribution is -2.19. The van der Waals surface area contributed by atoms with E-state index < -0.39 is 6.10 Å². The lowest BCUT2D eigenvalue weighted by Gasteiger charge is -2.24. The third kappa shape index (κ3) is 2.99. The van der Waals surface area contributed by atoms with Gasteiger partial charge in [0.2, 0.25) is 0 Å². The summed E-state index contributed by atoms with van der Waals surface area (Å²) < 4.78 is 13.7. The molecule has 1 N–H and O–H groups in total. The van der Waals surface area contributed by atoms with E-state index >= 15 is 0 Å². The molecule has 0 amide bonds. The Bertz CT molecular complexity index is 610. The van der Waals surface area contributed by atoms with Crippen molar-refractivity contribution >= 4 is 17.0 Å². The minimum absolute atomic E-state index is 0.285. The molecule has 0 fully saturated rings. The summed E-state index contributed by atoms with van der Waals surface area (Å²) in [5, 5.41) is 9.85. The van der Waals surface area contributed by atoms with Crippen molar-refractivity contribution in [1.29, 1.82) is 0 Å². The molecule has 1 atom stereocenters. The fraction of sp³-hybridized carbons (Fsp3) is 0.400. The van der Waals surface area contributed by atoms with Gasteiger partial charge in [-0.2, -0.15) is 0 Å². The van der Waals surface area contributed by atoms with E-state index in [0.717, 1.165) is 11.4 Å². The van der Waals surface area contributed by atoms with Crippen molar-refractivity contribution in [1.82, 2.24) is 4.98 Å². The van der Waals surface area contributed by atoms with Crippen LogP contribution in [0.15, 0.2) is 17.6 Å². The van der Waals surface area contributed by atoms with Crippen LogP contribution in [0.4, 0.5) is 10.1 Å². The molecule has 0 aliphatic heterocycles. The monoisotopic (exact) mass is 294 g/mol. The fourth-order valence-electron chi connectivity index (χ4n) is 2.13. The van der Waals surface area contributed by atoms with Gasteiger partial charge in [-0.15, -0.1) is 11.3 Å². The van der Waals surface area contributed by atoms with Gasteiger partial charge in [0.05, 0.1) is 23.9 Å². The summed E-state index contributed by atoms with van der Waals surface area (Å²) in [6.07, 6.45) is -0.704. The van der Waals surface area contributed by atoms with E-state index in [4.69, 9.17) is 0 Å². The average molecular weight is 294 g/mol. The van der Waals surface area contributed by atoms with Crippen LogP contribution >= 0.6 is 11.3 Å². The SMILES string of the molecule is Cc1cc(N(C)Cc2scnc2C)c([C@@H](C)O)cc1F. The molecule has 0 bridgehead atoms. The van der Waals surface area contributed by atoms with E-state index in [0.29, 0.717) is 17.7 Å². The summed E-state index contributed by atoms with van der Waals surface area (Å²) in [6.45, 7) is 6.06. The highest BCUT2D eigenvalue weighted by Gasteiger charge is 2.16. The predicted molar refractivity (Wildman–Crippen MR) is 80.7 cm³/mol. The molecule has 108 valence electrons. The number of aliphatic hydroxyl groups excluding tert-OH is 1. The quantitative estimate of drug-likeness (QED) is 0.936. The van der Waals surface area contributed by atoms with Crippen molar-refractivity contribution < 1.29 is 9.50 Å². The zero-order valence-electron chi connectivity index (χ0n) is 12.1. The molecule has 3 nitrogen and oxygen atoms in total. The van der Waals surface area contributed by atoms with Gasteiger partial charge < -0.3 is 10.0 Å². The predicted octanol–water partition coefficient (Wildman–Crippen LogP) is 3.59. The van der Waals surface area contributed by atoms with Gasteiger partial charge in [-0.1, -0.05) is 0 Å². The number of anilines is 1. The first kappa shape index (κ1) is 14.9. The third-order valence-corrected chi connectivity index (χ3v) is 4.31. The Morgan fingerprint density at radius 2 is 2.10 bits per heavy atom. The largest absolute Gasteiger partial charge is 0.389 e. The van der Waals surface area contributed by atoms with E-state index in [1.165, 1.54) is 10.9 Å². The second kappa shape index (κ2) is 5.89. The van der Waals surface area contributed by atoms with E-state index in [1.807, 2.05) is 24.4 Å². The molecule has 0 aliphatic rings. The van der Waals surface area contributed by atoms with Crippen LogP contribution in [0.25, 0.3) is 0 Å². The summed E-state index contributed by atoms with van der Waals surface area (Å²) in [6, 6.07) is 3.21. The number of hydrogen-bond acceptors (Lipinski definition) is 4. The molecule has 0 unspecified atom stereocenters. The number of hydrogen-bond donors (Lipinski definition) is 1. The van der Waals surface area contributed by atoms with Gasteiger partial charge in [0.15, 0.2) is 0 Å². The summed E-state index contributed by atoms with van der Waals surface area (Å²) in [5.74, 6) is -0.285. The van der Waals surface area contributed by atoms with Crippen molar-refractivity contribution in [2.75, 3.05) is 11.9 Å². The standard InChI is InChI=1S/C15H19FN2OS/c1-9-5-14(12(11(3)19)6-13(9)16)18(4)7-15-10(2)17-8-20-15/h5-6,8,11,19H,7H2,1-4H3/t11-/m1/s1. The number of nitrogens with zero attached hydrogens (tertiary/aromatic N) is 2. The van der Waals surface area contributed by atoms with Gasteiger partial charge >= 0.3 is 0 Å². The third-order valence-electron chi connectivity index (χ3n) is 3.39. The number of aryl methyl sites for hydroxylation is 2. The lowest BCUT2D eigenvalue weighted by molar-refractivity contribution is 0.199. The number of thiazole rings is 1. The molecule has 1 heterocycles. The average Bonchev–Trinajstić information content (AvgIpc) is 2.77. The molecule has 0 radical (unpaired) electrons. The lowest BCUT2D eigenvalue weighted by atomic mass is 10.0. The van der Waals surface area contributed by atoms with Crippen LogP contribution in [0, 0.1) is 19.7 Å². The zero-order valence-corrected chi connectivity index (χ0v) is 13.0. The van der Waals surface area contributed by atoms with Crippen LogP contribution in [0.2, 0.25) is 0 Å². The molecule has 20 heavy (non-hydrogen) atoms. The molecule has 0 saturated heterocycles. The molecule has 2 aromatic rings. The molecule has 1 aromatic heterocycles. The molecule has 5 heteroatoms. The number of aliphatic hydroxyl groups is 1. The minimum Gasteiger partial charge on any atom is -0.389 e. The molecule has 0 spiro atoms. The van der Waals surface area contributed by atoms with E-state index in [-0.39, 0.29) is 5.82 Å². The smallest absolute Gasteiger partial charge is 0.126 e. The van der Waals surface area contributed by atoms with Crippen molar-refractivity contribution in [2.24, 2.45) is 0 Å². The van der Waals surface area contributed by atoms with E-state index in [2.05, 4.69) is 4.98 Å². The number of rotatable bonds is 4. The Morgan fingerprint density at radius 1 is 1.40 bits per heavy atom.